The van der Waals surface area contributed by atoms with Gasteiger partial charge in [0.05, 0.1) is 23.9 Å². The molecule has 1 saturated carbocycles. The molecule has 2 aliphatic rings. The van der Waals surface area contributed by atoms with Crippen LogP contribution in [0.2, 0.25) is 0 Å². The Morgan fingerprint density at radius 2 is 1.84 bits per heavy atom. The van der Waals surface area contributed by atoms with Gasteiger partial charge in [-0.1, -0.05) is 31.4 Å². The highest BCUT2D eigenvalue weighted by molar-refractivity contribution is 6.01. The van der Waals surface area contributed by atoms with Gasteiger partial charge >= 0.3 is 0 Å². The van der Waals surface area contributed by atoms with E-state index in [1.165, 1.54) is 24.8 Å². The van der Waals surface area contributed by atoms with Gasteiger partial charge < -0.3 is 9.64 Å². The number of carbonyl (C=O) groups excluding carboxylic acids is 1. The molecule has 0 radical (unpaired) electrons. The van der Waals surface area contributed by atoms with Crippen LogP contribution in [0.1, 0.15) is 59.3 Å². The molecule has 0 bridgehead atoms. The second kappa shape index (κ2) is 6.17. The van der Waals surface area contributed by atoms with Gasteiger partial charge in [0.2, 0.25) is 0 Å². The monoisotopic (exact) mass is 336 g/mol. The Kier molecular flexibility index (Phi) is 3.98. The van der Waals surface area contributed by atoms with E-state index in [0.717, 1.165) is 35.4 Å². The van der Waals surface area contributed by atoms with E-state index in [9.17, 15) is 4.79 Å². The maximum absolute atomic E-state index is 13.3. The minimum absolute atomic E-state index is 0.137. The zero-order valence-electron chi connectivity index (χ0n) is 14.9. The number of pyridine rings is 1. The topological polar surface area (TPSA) is 42.4 Å². The average Bonchev–Trinajstić information content (AvgIpc) is 2.87. The fourth-order valence-corrected chi connectivity index (χ4v) is 4.51. The first-order chi connectivity index (χ1) is 12.2. The van der Waals surface area contributed by atoms with E-state index in [-0.39, 0.29) is 11.4 Å². The molecule has 1 spiro atoms. The summed E-state index contributed by atoms with van der Waals surface area (Å²) in [4.78, 5) is 19.8. The number of amides is 1. The van der Waals surface area contributed by atoms with Gasteiger partial charge in [-0.2, -0.15) is 0 Å². The summed E-state index contributed by atoms with van der Waals surface area (Å²) >= 11 is 0. The molecule has 4 heteroatoms. The zero-order chi connectivity index (χ0) is 17.4. The Balaban J connectivity index is 1.75. The number of nitrogens with zero attached hydrogens (tertiary/aromatic N) is 2. The van der Waals surface area contributed by atoms with E-state index >= 15 is 0 Å². The summed E-state index contributed by atoms with van der Waals surface area (Å²) in [5, 5.41) is 0. The molecule has 1 aliphatic heterocycles. The minimum Gasteiger partial charge on any atom is -0.497 e. The van der Waals surface area contributed by atoms with Crippen LogP contribution in [0.5, 0.6) is 5.75 Å². The first kappa shape index (κ1) is 16.1. The number of rotatable bonds is 3. The standard InChI is InChI=1S/C21H24N2O2/c1-15-19-18(10-13-22-15)21(11-4-3-5-12-21)23(20(19)24)14-16-6-8-17(25-2)9-7-16/h6-10,13H,3-5,11-12,14H2,1-2H3. The number of carbonyl (C=O) groups is 1. The summed E-state index contributed by atoms with van der Waals surface area (Å²) in [6.45, 7) is 2.58. The van der Waals surface area contributed by atoms with Crippen molar-refractivity contribution >= 4 is 5.91 Å². The largest absolute Gasteiger partial charge is 0.497 e. The summed E-state index contributed by atoms with van der Waals surface area (Å²) in [7, 11) is 1.67. The predicted molar refractivity (Wildman–Crippen MR) is 96.6 cm³/mol. The van der Waals surface area contributed by atoms with Crippen LogP contribution >= 0.6 is 0 Å². The highest BCUT2D eigenvalue weighted by Crippen LogP contribution is 2.49. The van der Waals surface area contributed by atoms with Gasteiger partial charge in [-0.05, 0) is 49.1 Å². The lowest BCUT2D eigenvalue weighted by Crippen LogP contribution is -2.44. The van der Waals surface area contributed by atoms with Crippen LogP contribution in [-0.4, -0.2) is 22.9 Å². The molecule has 1 aromatic carbocycles. The molecule has 4 nitrogen and oxygen atoms in total. The van der Waals surface area contributed by atoms with Gasteiger partial charge in [-0.25, -0.2) is 0 Å². The maximum atomic E-state index is 13.3. The quantitative estimate of drug-likeness (QED) is 0.843. The van der Waals surface area contributed by atoms with Crippen molar-refractivity contribution in [1.29, 1.82) is 0 Å². The van der Waals surface area contributed by atoms with Crippen molar-refractivity contribution in [3.63, 3.8) is 0 Å². The van der Waals surface area contributed by atoms with Crippen LogP contribution < -0.4 is 4.74 Å². The number of aromatic nitrogens is 1. The average molecular weight is 336 g/mol. The third kappa shape index (κ3) is 2.51. The van der Waals surface area contributed by atoms with Crippen LogP contribution in [0.25, 0.3) is 0 Å². The summed E-state index contributed by atoms with van der Waals surface area (Å²) in [6, 6.07) is 10.1. The molecule has 2 aromatic rings. The molecule has 25 heavy (non-hydrogen) atoms. The van der Waals surface area contributed by atoms with Crippen LogP contribution in [0.3, 0.4) is 0 Å². The molecule has 1 aromatic heterocycles. The zero-order valence-corrected chi connectivity index (χ0v) is 14.9. The number of hydrogen-bond donors (Lipinski definition) is 0. The predicted octanol–water partition coefficient (Wildman–Crippen LogP) is 4.21. The molecule has 0 atom stereocenters. The van der Waals surface area contributed by atoms with Gasteiger partial charge in [-0.15, -0.1) is 0 Å². The van der Waals surface area contributed by atoms with Gasteiger partial charge in [0.15, 0.2) is 0 Å². The van der Waals surface area contributed by atoms with Crippen LogP contribution in [0.15, 0.2) is 36.5 Å². The summed E-state index contributed by atoms with van der Waals surface area (Å²) in [6.07, 6.45) is 7.55. The lowest BCUT2D eigenvalue weighted by molar-refractivity contribution is 0.0387. The van der Waals surface area contributed by atoms with E-state index in [2.05, 4.69) is 28.1 Å². The van der Waals surface area contributed by atoms with E-state index in [4.69, 9.17) is 4.74 Å². The number of fused-ring (bicyclic) bond motifs is 2. The second-order valence-electron chi connectivity index (χ2n) is 7.15. The number of ether oxygens (including phenoxy) is 1. The Bertz CT molecular complexity index is 792. The molecule has 1 aliphatic carbocycles. The third-order valence-corrected chi connectivity index (χ3v) is 5.80. The second-order valence-corrected chi connectivity index (χ2v) is 7.15. The highest BCUT2D eigenvalue weighted by atomic mass is 16.5. The van der Waals surface area contributed by atoms with Crippen LogP contribution in [0, 0.1) is 6.92 Å². The Hall–Kier alpha value is -2.36. The van der Waals surface area contributed by atoms with E-state index in [1.807, 2.05) is 25.3 Å². The number of aryl methyl sites for hydroxylation is 1. The molecule has 0 saturated heterocycles. The Morgan fingerprint density at radius 1 is 1.12 bits per heavy atom. The lowest BCUT2D eigenvalue weighted by atomic mass is 9.76. The fourth-order valence-electron chi connectivity index (χ4n) is 4.51. The summed E-state index contributed by atoms with van der Waals surface area (Å²) in [5.41, 5.74) is 3.86. The molecule has 130 valence electrons. The molecule has 2 heterocycles. The smallest absolute Gasteiger partial charge is 0.257 e. The number of hydrogen-bond acceptors (Lipinski definition) is 3. The molecular weight excluding hydrogens is 312 g/mol. The van der Waals surface area contributed by atoms with E-state index in [0.29, 0.717) is 6.54 Å². The lowest BCUT2D eigenvalue weighted by Gasteiger charge is -2.42. The molecule has 4 rings (SSSR count). The van der Waals surface area contributed by atoms with Gasteiger partial charge in [0.1, 0.15) is 5.75 Å². The molecule has 0 unspecified atom stereocenters. The van der Waals surface area contributed by atoms with Crippen LogP contribution in [0.4, 0.5) is 0 Å². The molecule has 1 fully saturated rings. The molecular formula is C21H24N2O2. The van der Waals surface area contributed by atoms with Crippen molar-refractivity contribution < 1.29 is 9.53 Å². The summed E-state index contributed by atoms with van der Waals surface area (Å²) in [5.74, 6) is 0.977. The van der Waals surface area contributed by atoms with Crippen molar-refractivity contribution in [3.8, 4) is 5.75 Å². The van der Waals surface area contributed by atoms with Crippen molar-refractivity contribution in [1.82, 2.24) is 9.88 Å². The SMILES string of the molecule is COc1ccc(CN2C(=O)c3c(ccnc3C)C23CCCCC3)cc1. The number of benzene rings is 1. The maximum Gasteiger partial charge on any atom is 0.257 e. The normalized spacial score (nSPS) is 18.5. The van der Waals surface area contributed by atoms with Gasteiger partial charge in [0.25, 0.3) is 5.91 Å². The fraction of sp³-hybridized carbons (Fsp3) is 0.429. The van der Waals surface area contributed by atoms with E-state index < -0.39 is 0 Å². The first-order valence-electron chi connectivity index (χ1n) is 9.07. The van der Waals surface area contributed by atoms with Gasteiger partial charge in [0, 0.05) is 12.7 Å². The summed E-state index contributed by atoms with van der Waals surface area (Å²) < 4.78 is 5.25. The van der Waals surface area contributed by atoms with Gasteiger partial charge in [-0.3, -0.25) is 9.78 Å². The van der Waals surface area contributed by atoms with Crippen molar-refractivity contribution in [3.05, 3.63) is 58.9 Å². The third-order valence-electron chi connectivity index (χ3n) is 5.80. The first-order valence-corrected chi connectivity index (χ1v) is 9.07. The van der Waals surface area contributed by atoms with Crippen LogP contribution in [-0.2, 0) is 12.1 Å². The van der Waals surface area contributed by atoms with Crippen molar-refractivity contribution in [2.24, 2.45) is 0 Å². The number of methoxy groups -OCH3 is 1. The van der Waals surface area contributed by atoms with E-state index in [1.54, 1.807) is 7.11 Å². The van der Waals surface area contributed by atoms with Crippen molar-refractivity contribution in [2.45, 2.75) is 51.1 Å². The molecule has 0 N–H and O–H groups in total. The molecule has 1 amide bonds. The minimum atomic E-state index is -0.154. The van der Waals surface area contributed by atoms with Crippen molar-refractivity contribution in [2.75, 3.05) is 7.11 Å². The Labute approximate surface area is 148 Å². The highest BCUT2D eigenvalue weighted by Gasteiger charge is 2.50. The Morgan fingerprint density at radius 3 is 2.52 bits per heavy atom.